The van der Waals surface area contributed by atoms with E-state index in [1.165, 1.54) is 0 Å². The number of benzene rings is 2. The lowest BCUT2D eigenvalue weighted by Gasteiger charge is -2.28. The summed E-state index contributed by atoms with van der Waals surface area (Å²) in [7, 11) is -3.14. The highest BCUT2D eigenvalue weighted by atomic mass is 35.5. The van der Waals surface area contributed by atoms with Crippen LogP contribution in [0.25, 0.3) is 0 Å². The van der Waals surface area contributed by atoms with Gasteiger partial charge in [-0.15, -0.1) is 0 Å². The van der Waals surface area contributed by atoms with Gasteiger partial charge in [0.15, 0.2) is 16.4 Å². The molecule has 0 spiro atoms. The summed E-state index contributed by atoms with van der Waals surface area (Å²) in [6, 6.07) is 12.0. The predicted octanol–water partition coefficient (Wildman–Crippen LogP) is 3.90. The Morgan fingerprint density at radius 2 is 1.93 bits per heavy atom. The number of carbonyl (C=O) groups excluding carboxylic acids is 1. The number of aryl methyl sites for hydroxylation is 1. The van der Waals surface area contributed by atoms with Crippen LogP contribution in [0.4, 0.5) is 0 Å². The fraction of sp³-hybridized carbons (Fsp3) is 0.350. The van der Waals surface area contributed by atoms with Gasteiger partial charge in [0.25, 0.3) is 5.91 Å². The summed E-state index contributed by atoms with van der Waals surface area (Å²) in [6.07, 6.45) is 0.415. The van der Waals surface area contributed by atoms with Gasteiger partial charge in [-0.25, -0.2) is 8.42 Å². The minimum absolute atomic E-state index is 0.0384. The number of hydrogen-bond donors (Lipinski definition) is 0. The number of rotatable bonds is 6. The Balaban J connectivity index is 1.76. The van der Waals surface area contributed by atoms with Crippen molar-refractivity contribution in [3.63, 3.8) is 0 Å². The van der Waals surface area contributed by atoms with Crippen molar-refractivity contribution in [1.82, 2.24) is 4.90 Å². The quantitative estimate of drug-likeness (QED) is 0.681. The fourth-order valence-electron chi connectivity index (χ4n) is 3.19. The molecule has 5 nitrogen and oxygen atoms in total. The topological polar surface area (TPSA) is 63.7 Å². The zero-order valence-corrected chi connectivity index (χ0v) is 17.7. The zero-order chi connectivity index (χ0) is 20.3. The van der Waals surface area contributed by atoms with Crippen molar-refractivity contribution in [2.24, 2.45) is 0 Å². The number of halogens is 2. The molecular weight excluding hydrogens is 421 g/mol. The first-order chi connectivity index (χ1) is 13.2. The second-order valence-electron chi connectivity index (χ2n) is 6.87. The fourth-order valence-corrected chi connectivity index (χ4v) is 5.23. The van der Waals surface area contributed by atoms with Gasteiger partial charge >= 0.3 is 0 Å². The van der Waals surface area contributed by atoms with E-state index in [1.807, 2.05) is 25.1 Å². The van der Waals surface area contributed by atoms with E-state index in [0.29, 0.717) is 22.2 Å². The summed E-state index contributed by atoms with van der Waals surface area (Å²) in [5, 5.41) is 1.16. The summed E-state index contributed by atoms with van der Waals surface area (Å²) in [6.45, 7) is 1.90. The molecule has 1 aliphatic rings. The summed E-state index contributed by atoms with van der Waals surface area (Å²) in [4.78, 5) is 14.5. The molecule has 150 valence electrons. The maximum absolute atomic E-state index is 12.9. The maximum Gasteiger partial charge on any atom is 0.261 e. The first-order valence-electron chi connectivity index (χ1n) is 8.87. The highest BCUT2D eigenvalue weighted by Crippen LogP contribution is 2.25. The van der Waals surface area contributed by atoms with E-state index < -0.39 is 9.84 Å². The number of sulfone groups is 1. The monoisotopic (exact) mass is 441 g/mol. The normalized spacial score (nSPS) is 18.0. The van der Waals surface area contributed by atoms with Crippen LogP contribution in [0.3, 0.4) is 0 Å². The van der Waals surface area contributed by atoms with Gasteiger partial charge in [-0.2, -0.15) is 0 Å². The van der Waals surface area contributed by atoms with E-state index in [1.54, 1.807) is 29.2 Å². The number of nitrogens with zero attached hydrogens (tertiary/aromatic N) is 1. The van der Waals surface area contributed by atoms with Gasteiger partial charge in [-0.1, -0.05) is 41.4 Å². The Morgan fingerprint density at radius 1 is 1.18 bits per heavy atom. The third-order valence-corrected chi connectivity index (χ3v) is 7.30. The van der Waals surface area contributed by atoms with Gasteiger partial charge in [0.05, 0.1) is 11.5 Å². The molecule has 3 rings (SSSR count). The van der Waals surface area contributed by atoms with Gasteiger partial charge < -0.3 is 9.64 Å². The third-order valence-electron chi connectivity index (χ3n) is 4.76. The number of amides is 1. The standard InChI is InChI=1S/C20H21Cl2NO4S/c1-14-10-17(6-7-18(14)21)27-12-20(24)23(16-8-9-28(25,26)13-16)11-15-4-2-3-5-19(15)22/h2-7,10,16H,8-9,11-13H2,1H3. The molecule has 1 atom stereocenters. The highest BCUT2D eigenvalue weighted by molar-refractivity contribution is 7.91. The second kappa shape index (κ2) is 8.72. The van der Waals surface area contributed by atoms with E-state index >= 15 is 0 Å². The molecule has 0 radical (unpaired) electrons. The second-order valence-corrected chi connectivity index (χ2v) is 9.91. The lowest BCUT2D eigenvalue weighted by atomic mass is 10.1. The first kappa shape index (κ1) is 21.0. The van der Waals surface area contributed by atoms with Gasteiger partial charge in [0.1, 0.15) is 5.75 Å². The minimum atomic E-state index is -3.14. The Bertz CT molecular complexity index is 978. The van der Waals surface area contributed by atoms with E-state index in [9.17, 15) is 13.2 Å². The molecule has 0 bridgehead atoms. The lowest BCUT2D eigenvalue weighted by molar-refractivity contribution is -0.136. The van der Waals surface area contributed by atoms with Crippen molar-refractivity contribution in [2.45, 2.75) is 25.9 Å². The number of hydrogen-bond acceptors (Lipinski definition) is 4. The largest absolute Gasteiger partial charge is 0.484 e. The molecule has 0 aromatic heterocycles. The molecule has 28 heavy (non-hydrogen) atoms. The predicted molar refractivity (Wildman–Crippen MR) is 111 cm³/mol. The average molecular weight is 442 g/mol. The maximum atomic E-state index is 12.9. The Hall–Kier alpha value is -1.76. The first-order valence-corrected chi connectivity index (χ1v) is 11.4. The molecule has 2 aromatic rings. The molecule has 1 aliphatic heterocycles. The molecular formula is C20H21Cl2NO4S. The SMILES string of the molecule is Cc1cc(OCC(=O)N(Cc2ccccc2Cl)C2CCS(=O)(=O)C2)ccc1Cl. The molecule has 8 heteroatoms. The third kappa shape index (κ3) is 5.19. The molecule has 2 aromatic carbocycles. The number of carbonyl (C=O) groups is 1. The van der Waals surface area contributed by atoms with Crippen LogP contribution in [0.15, 0.2) is 42.5 Å². The van der Waals surface area contributed by atoms with Crippen LogP contribution < -0.4 is 4.74 Å². The molecule has 1 saturated heterocycles. The summed E-state index contributed by atoms with van der Waals surface area (Å²) in [5.41, 5.74) is 1.62. The van der Waals surface area contributed by atoms with Gasteiger partial charge in [-0.3, -0.25) is 4.79 Å². The van der Waals surface area contributed by atoms with Gasteiger partial charge in [-0.05, 0) is 48.7 Å². The van der Waals surface area contributed by atoms with E-state index in [-0.39, 0.29) is 36.6 Å². The molecule has 0 aliphatic carbocycles. The van der Waals surface area contributed by atoms with Crippen molar-refractivity contribution in [3.05, 3.63) is 63.6 Å². The van der Waals surface area contributed by atoms with Crippen molar-refractivity contribution in [1.29, 1.82) is 0 Å². The molecule has 1 unspecified atom stereocenters. The summed E-state index contributed by atoms with van der Waals surface area (Å²) in [5.74, 6) is 0.298. The van der Waals surface area contributed by atoms with Crippen molar-refractivity contribution in [2.75, 3.05) is 18.1 Å². The van der Waals surface area contributed by atoms with Crippen LogP contribution >= 0.6 is 23.2 Å². The van der Waals surface area contributed by atoms with Crippen LogP contribution in [-0.2, 0) is 21.2 Å². The molecule has 1 fully saturated rings. The Morgan fingerprint density at radius 3 is 2.57 bits per heavy atom. The number of ether oxygens (including phenoxy) is 1. The minimum Gasteiger partial charge on any atom is -0.484 e. The molecule has 0 saturated carbocycles. The highest BCUT2D eigenvalue weighted by Gasteiger charge is 2.35. The van der Waals surface area contributed by atoms with E-state index in [4.69, 9.17) is 27.9 Å². The van der Waals surface area contributed by atoms with E-state index in [2.05, 4.69) is 0 Å². The van der Waals surface area contributed by atoms with Crippen molar-refractivity contribution in [3.8, 4) is 5.75 Å². The van der Waals surface area contributed by atoms with Crippen molar-refractivity contribution < 1.29 is 17.9 Å². The Labute approximate surface area is 175 Å². The molecule has 0 N–H and O–H groups in total. The molecule has 1 heterocycles. The summed E-state index contributed by atoms with van der Waals surface area (Å²) >= 11 is 12.3. The Kier molecular flexibility index (Phi) is 6.53. The van der Waals surface area contributed by atoms with Crippen LogP contribution in [0.5, 0.6) is 5.75 Å². The van der Waals surface area contributed by atoms with Crippen LogP contribution in [0, 0.1) is 6.92 Å². The van der Waals surface area contributed by atoms with Crippen LogP contribution in [0.1, 0.15) is 17.5 Å². The zero-order valence-electron chi connectivity index (χ0n) is 15.4. The smallest absolute Gasteiger partial charge is 0.261 e. The van der Waals surface area contributed by atoms with Crippen LogP contribution in [-0.4, -0.2) is 43.4 Å². The van der Waals surface area contributed by atoms with E-state index in [0.717, 1.165) is 11.1 Å². The van der Waals surface area contributed by atoms with Gasteiger partial charge in [0.2, 0.25) is 0 Å². The van der Waals surface area contributed by atoms with Crippen molar-refractivity contribution >= 4 is 38.9 Å². The van der Waals surface area contributed by atoms with Gasteiger partial charge in [0, 0.05) is 22.6 Å². The summed E-state index contributed by atoms with van der Waals surface area (Å²) < 4.78 is 29.5. The lowest BCUT2D eigenvalue weighted by Crippen LogP contribution is -2.43. The average Bonchev–Trinajstić information content (AvgIpc) is 3.01. The molecule has 1 amide bonds. The van der Waals surface area contributed by atoms with Crippen LogP contribution in [0.2, 0.25) is 10.0 Å².